The lowest BCUT2D eigenvalue weighted by Gasteiger charge is -2.11. The first-order chi connectivity index (χ1) is 5.31. The van der Waals surface area contributed by atoms with Crippen LogP contribution in [0.5, 0.6) is 0 Å². The molecule has 1 unspecified atom stereocenters. The quantitative estimate of drug-likeness (QED) is 0.597. The molecule has 0 aromatic rings. The molecule has 1 nitrogen and oxygen atoms in total. The second-order valence-electron chi connectivity index (χ2n) is 2.99. The fourth-order valence-electron chi connectivity index (χ4n) is 1.10. The van der Waals surface area contributed by atoms with E-state index in [-0.39, 0.29) is 0 Å². The molecular weight excluding hydrogens is 154 g/mol. The van der Waals surface area contributed by atoms with Crippen molar-refractivity contribution in [2.24, 2.45) is 0 Å². The Morgan fingerprint density at radius 2 is 2.18 bits per heavy atom. The monoisotopic (exact) mass is 175 g/mol. The zero-order valence-electron chi connectivity index (χ0n) is 8.02. The molecule has 0 spiro atoms. The number of hydrogen-bond donors (Lipinski definition) is 1. The first-order valence-electron chi connectivity index (χ1n) is 4.53. The van der Waals surface area contributed by atoms with E-state index in [4.69, 9.17) is 0 Å². The fourth-order valence-corrected chi connectivity index (χ4v) is 1.53. The highest BCUT2D eigenvalue weighted by molar-refractivity contribution is 7.98. The molecule has 0 aromatic carbocycles. The predicted molar refractivity (Wildman–Crippen MR) is 55.4 cm³/mol. The van der Waals surface area contributed by atoms with Crippen molar-refractivity contribution in [1.82, 2.24) is 5.32 Å². The molecule has 0 fully saturated rings. The van der Waals surface area contributed by atoms with Gasteiger partial charge in [0.2, 0.25) is 0 Å². The van der Waals surface area contributed by atoms with Gasteiger partial charge in [0.15, 0.2) is 0 Å². The van der Waals surface area contributed by atoms with Crippen LogP contribution in [-0.2, 0) is 0 Å². The van der Waals surface area contributed by atoms with Crippen molar-refractivity contribution < 1.29 is 0 Å². The van der Waals surface area contributed by atoms with Crippen LogP contribution in [0.15, 0.2) is 0 Å². The summed E-state index contributed by atoms with van der Waals surface area (Å²) in [6.07, 6.45) is 6.06. The number of hydrogen-bond acceptors (Lipinski definition) is 2. The average Bonchev–Trinajstić information content (AvgIpc) is 1.99. The lowest BCUT2D eigenvalue weighted by atomic mass is 10.2. The highest BCUT2D eigenvalue weighted by Crippen LogP contribution is 1.97. The Morgan fingerprint density at radius 3 is 2.73 bits per heavy atom. The summed E-state index contributed by atoms with van der Waals surface area (Å²) in [6.45, 7) is 5.69. The minimum absolute atomic E-state index is 0.710. The van der Waals surface area contributed by atoms with Gasteiger partial charge in [0.1, 0.15) is 0 Å². The van der Waals surface area contributed by atoms with Crippen LogP contribution in [0.4, 0.5) is 0 Å². The Kier molecular flexibility index (Phi) is 8.64. The van der Waals surface area contributed by atoms with Crippen LogP contribution in [0.25, 0.3) is 0 Å². The van der Waals surface area contributed by atoms with Gasteiger partial charge in [0, 0.05) is 6.04 Å². The maximum atomic E-state index is 3.50. The highest BCUT2D eigenvalue weighted by atomic mass is 32.2. The third-order valence-electron chi connectivity index (χ3n) is 1.74. The molecule has 0 saturated carbocycles. The summed E-state index contributed by atoms with van der Waals surface area (Å²) in [4.78, 5) is 0. The van der Waals surface area contributed by atoms with Crippen molar-refractivity contribution in [2.45, 2.75) is 39.2 Å². The molecule has 0 aromatic heterocycles. The molecule has 0 aliphatic rings. The van der Waals surface area contributed by atoms with E-state index in [0.717, 1.165) is 0 Å². The summed E-state index contributed by atoms with van der Waals surface area (Å²) in [7, 11) is 0. The Morgan fingerprint density at radius 1 is 1.45 bits per heavy atom. The molecule has 1 N–H and O–H groups in total. The molecule has 0 bridgehead atoms. The van der Waals surface area contributed by atoms with Crippen molar-refractivity contribution in [3.8, 4) is 0 Å². The van der Waals surface area contributed by atoms with E-state index in [2.05, 4.69) is 25.4 Å². The first kappa shape index (κ1) is 11.3. The maximum absolute atomic E-state index is 3.50. The molecule has 0 aliphatic carbocycles. The van der Waals surface area contributed by atoms with Crippen LogP contribution in [0.3, 0.4) is 0 Å². The standard InChI is InChI=1S/C9H21NS/c1-4-6-9(2)10-7-5-8-11-3/h9-10H,4-8H2,1-3H3. The van der Waals surface area contributed by atoms with Crippen molar-refractivity contribution in [3.05, 3.63) is 0 Å². The number of rotatable bonds is 7. The summed E-state index contributed by atoms with van der Waals surface area (Å²) in [5.74, 6) is 1.28. The Bertz CT molecular complexity index is 76.0. The molecule has 0 aliphatic heterocycles. The summed E-state index contributed by atoms with van der Waals surface area (Å²) >= 11 is 1.93. The van der Waals surface area contributed by atoms with Crippen molar-refractivity contribution in [2.75, 3.05) is 18.6 Å². The molecule has 0 heterocycles. The first-order valence-corrected chi connectivity index (χ1v) is 5.93. The molecular formula is C9H21NS. The third-order valence-corrected chi connectivity index (χ3v) is 2.44. The lowest BCUT2D eigenvalue weighted by Crippen LogP contribution is -2.26. The molecule has 2 heteroatoms. The topological polar surface area (TPSA) is 12.0 Å². The third kappa shape index (κ3) is 8.21. The molecule has 0 radical (unpaired) electrons. The minimum Gasteiger partial charge on any atom is -0.314 e. The van der Waals surface area contributed by atoms with Gasteiger partial charge in [-0.05, 0) is 38.3 Å². The van der Waals surface area contributed by atoms with Crippen LogP contribution in [0.2, 0.25) is 0 Å². The minimum atomic E-state index is 0.710. The van der Waals surface area contributed by atoms with Gasteiger partial charge in [-0.1, -0.05) is 13.3 Å². The van der Waals surface area contributed by atoms with Crippen molar-refractivity contribution in [1.29, 1.82) is 0 Å². The van der Waals surface area contributed by atoms with Crippen LogP contribution < -0.4 is 5.32 Å². The summed E-state index contributed by atoms with van der Waals surface area (Å²) in [5, 5.41) is 3.50. The molecule has 11 heavy (non-hydrogen) atoms. The van der Waals surface area contributed by atoms with E-state index in [9.17, 15) is 0 Å². The normalized spacial score (nSPS) is 13.4. The molecule has 0 rings (SSSR count). The second kappa shape index (κ2) is 8.41. The van der Waals surface area contributed by atoms with Gasteiger partial charge < -0.3 is 5.32 Å². The fraction of sp³-hybridized carbons (Fsp3) is 1.00. The Hall–Kier alpha value is 0.310. The summed E-state index contributed by atoms with van der Waals surface area (Å²) < 4.78 is 0. The van der Waals surface area contributed by atoms with Crippen LogP contribution in [-0.4, -0.2) is 24.6 Å². The Labute approximate surface area is 75.3 Å². The Balaban J connectivity index is 2.97. The molecule has 68 valence electrons. The highest BCUT2D eigenvalue weighted by Gasteiger charge is 1.96. The number of nitrogens with one attached hydrogen (secondary N) is 1. The summed E-state index contributed by atoms with van der Waals surface area (Å²) in [5.41, 5.74) is 0. The van der Waals surface area contributed by atoms with E-state index in [0.29, 0.717) is 6.04 Å². The maximum Gasteiger partial charge on any atom is 0.00386 e. The van der Waals surface area contributed by atoms with Gasteiger partial charge in [0.25, 0.3) is 0 Å². The van der Waals surface area contributed by atoms with Gasteiger partial charge in [-0.25, -0.2) is 0 Å². The second-order valence-corrected chi connectivity index (χ2v) is 3.98. The van der Waals surface area contributed by atoms with E-state index < -0.39 is 0 Å². The molecule has 0 saturated heterocycles. The van der Waals surface area contributed by atoms with Gasteiger partial charge in [-0.3, -0.25) is 0 Å². The molecule has 1 atom stereocenters. The van der Waals surface area contributed by atoms with Crippen molar-refractivity contribution >= 4 is 11.8 Å². The van der Waals surface area contributed by atoms with Crippen LogP contribution in [0.1, 0.15) is 33.1 Å². The van der Waals surface area contributed by atoms with E-state index in [1.54, 1.807) is 0 Å². The zero-order valence-corrected chi connectivity index (χ0v) is 8.84. The molecule has 0 amide bonds. The van der Waals surface area contributed by atoms with Gasteiger partial charge in [-0.2, -0.15) is 11.8 Å². The van der Waals surface area contributed by atoms with Crippen LogP contribution >= 0.6 is 11.8 Å². The average molecular weight is 175 g/mol. The smallest absolute Gasteiger partial charge is 0.00386 e. The van der Waals surface area contributed by atoms with Gasteiger partial charge in [0.05, 0.1) is 0 Å². The predicted octanol–water partition coefficient (Wildman–Crippen LogP) is 2.52. The zero-order chi connectivity index (χ0) is 8.53. The van der Waals surface area contributed by atoms with E-state index >= 15 is 0 Å². The van der Waals surface area contributed by atoms with Gasteiger partial charge in [-0.15, -0.1) is 0 Å². The number of thioether (sulfide) groups is 1. The van der Waals surface area contributed by atoms with Gasteiger partial charge >= 0.3 is 0 Å². The van der Waals surface area contributed by atoms with Crippen LogP contribution in [0, 0.1) is 0 Å². The van der Waals surface area contributed by atoms with E-state index in [1.165, 1.54) is 31.6 Å². The lowest BCUT2D eigenvalue weighted by molar-refractivity contribution is 0.509. The largest absolute Gasteiger partial charge is 0.314 e. The van der Waals surface area contributed by atoms with Crippen molar-refractivity contribution in [3.63, 3.8) is 0 Å². The SMILES string of the molecule is CCCC(C)NCCCSC. The van der Waals surface area contributed by atoms with E-state index in [1.807, 2.05) is 11.8 Å². The summed E-state index contributed by atoms with van der Waals surface area (Å²) in [6, 6.07) is 0.710.